The van der Waals surface area contributed by atoms with Gasteiger partial charge in [-0.25, -0.2) is 0 Å². The van der Waals surface area contributed by atoms with Crippen molar-refractivity contribution in [1.29, 1.82) is 0 Å². The van der Waals surface area contributed by atoms with Crippen LogP contribution in [0, 0.1) is 0 Å². The van der Waals surface area contributed by atoms with Crippen LogP contribution in [0.15, 0.2) is 54.7 Å². The first-order valence-corrected chi connectivity index (χ1v) is 6.44. The smallest absolute Gasteiger partial charge is 0.399 e. The number of benzene rings is 2. The van der Waals surface area contributed by atoms with Gasteiger partial charge in [0, 0.05) is 29.3 Å². The number of nitrogens with two attached hydrogens (primary N) is 1. The molecule has 0 unspecified atom stereocenters. The van der Waals surface area contributed by atoms with Crippen molar-refractivity contribution in [3.8, 4) is 0 Å². The van der Waals surface area contributed by atoms with Gasteiger partial charge in [-0.2, -0.15) is 13.2 Å². The van der Waals surface area contributed by atoms with Gasteiger partial charge in [-0.05, 0) is 42.0 Å². The molecule has 21 heavy (non-hydrogen) atoms. The Kier molecular flexibility index (Phi) is 3.12. The predicted octanol–water partition coefficient (Wildman–Crippen LogP) is 4.29. The van der Waals surface area contributed by atoms with Gasteiger partial charge in [0.25, 0.3) is 0 Å². The molecule has 0 atom stereocenters. The van der Waals surface area contributed by atoms with Gasteiger partial charge in [0.2, 0.25) is 0 Å². The molecule has 2 N–H and O–H groups in total. The minimum atomic E-state index is -4.32. The number of alkyl halides is 3. The molecule has 0 saturated heterocycles. The molecule has 0 aliphatic heterocycles. The molecule has 0 aliphatic rings. The van der Waals surface area contributed by atoms with Gasteiger partial charge in [0.1, 0.15) is 0 Å². The molecule has 0 saturated carbocycles. The van der Waals surface area contributed by atoms with Gasteiger partial charge in [0.15, 0.2) is 0 Å². The standard InChI is InChI=1S/C16H13F3N2/c17-16(18,19)13-3-1-2-11(8-13)10-21-7-6-12-9-14(20)4-5-15(12)21/h1-9H,10,20H2. The Hall–Kier alpha value is -2.43. The van der Waals surface area contributed by atoms with Crippen LogP contribution < -0.4 is 5.73 Å². The Morgan fingerprint density at radius 2 is 1.81 bits per heavy atom. The fourth-order valence-electron chi connectivity index (χ4n) is 2.40. The molecule has 5 heteroatoms. The lowest BCUT2D eigenvalue weighted by Crippen LogP contribution is -2.06. The van der Waals surface area contributed by atoms with Gasteiger partial charge < -0.3 is 10.3 Å². The number of halogens is 3. The highest BCUT2D eigenvalue weighted by molar-refractivity contribution is 5.83. The lowest BCUT2D eigenvalue weighted by molar-refractivity contribution is -0.137. The second-order valence-electron chi connectivity index (χ2n) is 4.96. The molecule has 108 valence electrons. The maximum absolute atomic E-state index is 12.7. The molecule has 0 spiro atoms. The summed E-state index contributed by atoms with van der Waals surface area (Å²) in [4.78, 5) is 0. The molecule has 3 rings (SSSR count). The average Bonchev–Trinajstić information content (AvgIpc) is 2.80. The highest BCUT2D eigenvalue weighted by Gasteiger charge is 2.30. The third kappa shape index (κ3) is 2.72. The molecule has 1 aromatic heterocycles. The Morgan fingerprint density at radius 3 is 2.57 bits per heavy atom. The SMILES string of the molecule is Nc1ccc2c(ccn2Cc2cccc(C(F)(F)F)c2)c1. The molecular formula is C16H13F3N2. The average molecular weight is 290 g/mol. The van der Waals surface area contributed by atoms with Crippen LogP contribution in [-0.4, -0.2) is 4.57 Å². The van der Waals surface area contributed by atoms with E-state index in [1.807, 2.05) is 29.0 Å². The van der Waals surface area contributed by atoms with Gasteiger partial charge in [-0.1, -0.05) is 12.1 Å². The van der Waals surface area contributed by atoms with E-state index in [4.69, 9.17) is 5.73 Å². The fourth-order valence-corrected chi connectivity index (χ4v) is 2.40. The van der Waals surface area contributed by atoms with E-state index < -0.39 is 11.7 Å². The van der Waals surface area contributed by atoms with Crippen LogP contribution in [0.2, 0.25) is 0 Å². The maximum Gasteiger partial charge on any atom is 0.416 e. The highest BCUT2D eigenvalue weighted by Crippen LogP contribution is 2.30. The van der Waals surface area contributed by atoms with Crippen molar-refractivity contribution < 1.29 is 13.2 Å². The first-order chi connectivity index (χ1) is 9.93. The van der Waals surface area contributed by atoms with Crippen molar-refractivity contribution in [3.63, 3.8) is 0 Å². The lowest BCUT2D eigenvalue weighted by atomic mass is 10.1. The zero-order valence-electron chi connectivity index (χ0n) is 11.1. The van der Waals surface area contributed by atoms with E-state index in [1.54, 1.807) is 12.1 Å². The molecule has 3 aromatic rings. The van der Waals surface area contributed by atoms with Crippen LogP contribution in [0.3, 0.4) is 0 Å². The molecule has 2 aromatic carbocycles. The van der Waals surface area contributed by atoms with Crippen LogP contribution in [0.25, 0.3) is 10.9 Å². The normalized spacial score (nSPS) is 12.0. The third-order valence-electron chi connectivity index (χ3n) is 3.40. The topological polar surface area (TPSA) is 30.9 Å². The third-order valence-corrected chi connectivity index (χ3v) is 3.40. The van der Waals surface area contributed by atoms with Crippen molar-refractivity contribution in [2.75, 3.05) is 5.73 Å². The molecule has 2 nitrogen and oxygen atoms in total. The summed E-state index contributed by atoms with van der Waals surface area (Å²) >= 11 is 0. The van der Waals surface area contributed by atoms with Crippen LogP contribution in [0.4, 0.5) is 18.9 Å². The minimum absolute atomic E-state index is 0.386. The highest BCUT2D eigenvalue weighted by atomic mass is 19.4. The lowest BCUT2D eigenvalue weighted by Gasteiger charge is -2.10. The second kappa shape index (κ2) is 4.84. The molecule has 0 bridgehead atoms. The van der Waals surface area contributed by atoms with Gasteiger partial charge in [0.05, 0.1) is 5.56 Å². The Balaban J connectivity index is 1.95. The van der Waals surface area contributed by atoms with Crippen molar-refractivity contribution in [2.24, 2.45) is 0 Å². The van der Waals surface area contributed by atoms with E-state index in [-0.39, 0.29) is 0 Å². The van der Waals surface area contributed by atoms with E-state index in [2.05, 4.69) is 0 Å². The summed E-state index contributed by atoms with van der Waals surface area (Å²) in [6, 6.07) is 12.8. The maximum atomic E-state index is 12.7. The van der Waals surface area contributed by atoms with E-state index in [1.165, 1.54) is 12.1 Å². The van der Waals surface area contributed by atoms with Gasteiger partial charge in [-0.15, -0.1) is 0 Å². The summed E-state index contributed by atoms with van der Waals surface area (Å²) in [6.45, 7) is 0.386. The summed E-state index contributed by atoms with van der Waals surface area (Å²) in [5.74, 6) is 0. The summed E-state index contributed by atoms with van der Waals surface area (Å²) in [5, 5.41) is 0.974. The zero-order chi connectivity index (χ0) is 15.0. The molecule has 1 heterocycles. The molecule has 0 amide bonds. The summed E-state index contributed by atoms with van der Waals surface area (Å²) in [5.41, 5.74) is 7.32. The van der Waals surface area contributed by atoms with Crippen LogP contribution in [-0.2, 0) is 12.7 Å². The van der Waals surface area contributed by atoms with Crippen molar-refractivity contribution in [1.82, 2.24) is 4.57 Å². The number of nitrogen functional groups attached to an aromatic ring is 1. The van der Waals surface area contributed by atoms with E-state index >= 15 is 0 Å². The Morgan fingerprint density at radius 1 is 1.00 bits per heavy atom. The van der Waals surface area contributed by atoms with Gasteiger partial charge in [-0.3, -0.25) is 0 Å². The number of nitrogens with zero attached hydrogens (tertiary/aromatic N) is 1. The van der Waals surface area contributed by atoms with Crippen molar-refractivity contribution in [2.45, 2.75) is 12.7 Å². The van der Waals surface area contributed by atoms with E-state index in [0.29, 0.717) is 17.8 Å². The second-order valence-corrected chi connectivity index (χ2v) is 4.96. The number of fused-ring (bicyclic) bond motifs is 1. The first kappa shape index (κ1) is 13.5. The summed E-state index contributed by atoms with van der Waals surface area (Å²) < 4.78 is 40.1. The minimum Gasteiger partial charge on any atom is -0.399 e. The monoisotopic (exact) mass is 290 g/mol. The Bertz CT molecular complexity index is 788. The Labute approximate surface area is 119 Å². The quantitative estimate of drug-likeness (QED) is 0.701. The first-order valence-electron chi connectivity index (χ1n) is 6.44. The van der Waals surface area contributed by atoms with E-state index in [0.717, 1.165) is 17.0 Å². The fraction of sp³-hybridized carbons (Fsp3) is 0.125. The van der Waals surface area contributed by atoms with Crippen molar-refractivity contribution >= 4 is 16.6 Å². The number of hydrogen-bond donors (Lipinski definition) is 1. The zero-order valence-corrected chi connectivity index (χ0v) is 11.1. The molecular weight excluding hydrogens is 277 g/mol. The molecule has 0 aliphatic carbocycles. The molecule has 0 radical (unpaired) electrons. The number of rotatable bonds is 2. The largest absolute Gasteiger partial charge is 0.416 e. The van der Waals surface area contributed by atoms with Crippen LogP contribution in [0.1, 0.15) is 11.1 Å². The number of anilines is 1. The van der Waals surface area contributed by atoms with E-state index in [9.17, 15) is 13.2 Å². The molecule has 0 fully saturated rings. The summed E-state index contributed by atoms with van der Waals surface area (Å²) in [6.07, 6.45) is -2.46. The number of aromatic nitrogens is 1. The van der Waals surface area contributed by atoms with Gasteiger partial charge >= 0.3 is 6.18 Å². The van der Waals surface area contributed by atoms with Crippen LogP contribution in [0.5, 0.6) is 0 Å². The van der Waals surface area contributed by atoms with Crippen LogP contribution >= 0.6 is 0 Å². The predicted molar refractivity (Wildman–Crippen MR) is 76.9 cm³/mol. The van der Waals surface area contributed by atoms with Crippen molar-refractivity contribution in [3.05, 3.63) is 65.9 Å². The number of hydrogen-bond acceptors (Lipinski definition) is 1. The summed E-state index contributed by atoms with van der Waals surface area (Å²) in [7, 11) is 0.